The summed E-state index contributed by atoms with van der Waals surface area (Å²) in [6.45, 7) is 6.79. The highest BCUT2D eigenvalue weighted by Crippen LogP contribution is 2.35. The van der Waals surface area contributed by atoms with Crippen LogP contribution in [0.25, 0.3) is 0 Å². The van der Waals surface area contributed by atoms with Crippen molar-refractivity contribution < 1.29 is 22.7 Å². The number of benzene rings is 1. The van der Waals surface area contributed by atoms with Crippen LogP contribution in [0.4, 0.5) is 13.2 Å². The minimum Gasteiger partial charge on any atom is -0.488 e. The van der Waals surface area contributed by atoms with Gasteiger partial charge in [0.1, 0.15) is 11.4 Å². The standard InChI is InChI=1S/C16H23F3N2O2/c1-10(8-20)14(22)21-9-11-5-6-12(23-15(2,3)4)7-13(11)16(17,18)19/h5-7,10H,8-9,20H2,1-4H3,(H,21,22). The predicted molar refractivity (Wildman–Crippen MR) is 81.9 cm³/mol. The fraction of sp³-hybridized carbons (Fsp3) is 0.562. The molecule has 3 N–H and O–H groups in total. The first-order valence-electron chi connectivity index (χ1n) is 7.31. The van der Waals surface area contributed by atoms with Gasteiger partial charge in [0.2, 0.25) is 5.91 Å². The minimum absolute atomic E-state index is 0.0173. The zero-order valence-corrected chi connectivity index (χ0v) is 13.8. The largest absolute Gasteiger partial charge is 0.488 e. The van der Waals surface area contributed by atoms with E-state index >= 15 is 0 Å². The fourth-order valence-electron chi connectivity index (χ4n) is 1.85. The lowest BCUT2D eigenvalue weighted by molar-refractivity contribution is -0.138. The van der Waals surface area contributed by atoms with Gasteiger partial charge < -0.3 is 15.8 Å². The Morgan fingerprint density at radius 3 is 2.39 bits per heavy atom. The topological polar surface area (TPSA) is 64.4 Å². The zero-order chi connectivity index (χ0) is 17.8. The molecule has 1 unspecified atom stereocenters. The maximum absolute atomic E-state index is 13.2. The number of nitrogens with two attached hydrogens (primary N) is 1. The van der Waals surface area contributed by atoms with E-state index in [1.54, 1.807) is 27.7 Å². The summed E-state index contributed by atoms with van der Waals surface area (Å²) in [5.74, 6) is -0.696. The molecular formula is C16H23F3N2O2. The van der Waals surface area contributed by atoms with E-state index in [-0.39, 0.29) is 30.3 Å². The van der Waals surface area contributed by atoms with Crippen molar-refractivity contribution in [1.29, 1.82) is 0 Å². The Bertz CT molecular complexity index is 551. The van der Waals surface area contributed by atoms with E-state index in [0.717, 1.165) is 6.07 Å². The van der Waals surface area contributed by atoms with Crippen LogP contribution < -0.4 is 15.8 Å². The van der Waals surface area contributed by atoms with Gasteiger partial charge in [-0.05, 0) is 38.5 Å². The summed E-state index contributed by atoms with van der Waals surface area (Å²) in [5.41, 5.74) is 3.92. The molecule has 0 fully saturated rings. The molecule has 130 valence electrons. The zero-order valence-electron chi connectivity index (χ0n) is 13.8. The SMILES string of the molecule is CC(CN)C(=O)NCc1ccc(OC(C)(C)C)cc1C(F)(F)F. The number of nitrogens with one attached hydrogen (secondary N) is 1. The van der Waals surface area contributed by atoms with Gasteiger partial charge in [0, 0.05) is 19.0 Å². The van der Waals surface area contributed by atoms with Crippen LogP contribution in [0.15, 0.2) is 18.2 Å². The van der Waals surface area contributed by atoms with E-state index in [0.29, 0.717) is 0 Å². The Hall–Kier alpha value is -1.76. The average Bonchev–Trinajstić information content (AvgIpc) is 2.41. The van der Waals surface area contributed by atoms with Gasteiger partial charge in [0.25, 0.3) is 0 Å². The van der Waals surface area contributed by atoms with Crippen molar-refractivity contribution in [2.24, 2.45) is 11.7 Å². The molecule has 0 saturated carbocycles. The first kappa shape index (κ1) is 19.3. The lowest BCUT2D eigenvalue weighted by atomic mass is 10.1. The van der Waals surface area contributed by atoms with E-state index in [9.17, 15) is 18.0 Å². The molecule has 0 aliphatic rings. The molecular weight excluding hydrogens is 309 g/mol. The second kappa shape index (κ2) is 7.21. The quantitative estimate of drug-likeness (QED) is 0.871. The molecule has 1 rings (SSSR count). The van der Waals surface area contributed by atoms with E-state index in [4.69, 9.17) is 10.5 Å². The molecule has 1 aromatic rings. The fourth-order valence-corrected chi connectivity index (χ4v) is 1.85. The average molecular weight is 332 g/mol. The van der Waals surface area contributed by atoms with Crippen LogP contribution in [0.1, 0.15) is 38.8 Å². The summed E-state index contributed by atoms with van der Waals surface area (Å²) < 4.78 is 45.1. The second-order valence-corrected chi connectivity index (χ2v) is 6.39. The van der Waals surface area contributed by atoms with Gasteiger partial charge in [-0.3, -0.25) is 4.79 Å². The molecule has 23 heavy (non-hydrogen) atoms. The molecule has 0 bridgehead atoms. The van der Waals surface area contributed by atoms with Gasteiger partial charge >= 0.3 is 6.18 Å². The molecule has 0 saturated heterocycles. The molecule has 0 spiro atoms. The molecule has 0 heterocycles. The lowest BCUT2D eigenvalue weighted by Crippen LogP contribution is -2.33. The van der Waals surface area contributed by atoms with Gasteiger partial charge in [0.15, 0.2) is 0 Å². The monoisotopic (exact) mass is 332 g/mol. The van der Waals surface area contributed by atoms with E-state index < -0.39 is 23.3 Å². The number of carbonyl (C=O) groups excluding carboxylic acids is 1. The van der Waals surface area contributed by atoms with Crippen molar-refractivity contribution in [2.75, 3.05) is 6.54 Å². The molecule has 7 heteroatoms. The molecule has 0 aliphatic carbocycles. The number of carbonyl (C=O) groups is 1. The van der Waals surface area contributed by atoms with Crippen molar-refractivity contribution >= 4 is 5.91 Å². The van der Waals surface area contributed by atoms with Gasteiger partial charge in [-0.1, -0.05) is 13.0 Å². The van der Waals surface area contributed by atoms with Crippen LogP contribution in [-0.2, 0) is 17.5 Å². The third-order valence-electron chi connectivity index (χ3n) is 3.06. The molecule has 1 aromatic carbocycles. The highest BCUT2D eigenvalue weighted by Gasteiger charge is 2.34. The third-order valence-corrected chi connectivity index (χ3v) is 3.06. The first-order chi connectivity index (χ1) is 10.4. The normalized spacial score (nSPS) is 13.6. The van der Waals surface area contributed by atoms with Gasteiger partial charge in [-0.2, -0.15) is 13.2 Å². The predicted octanol–water partition coefficient (Wildman–Crippen LogP) is 3.09. The molecule has 0 aromatic heterocycles. The van der Waals surface area contributed by atoms with Crippen LogP contribution >= 0.6 is 0 Å². The van der Waals surface area contributed by atoms with Crippen molar-refractivity contribution in [2.45, 2.75) is 46.0 Å². The second-order valence-electron chi connectivity index (χ2n) is 6.39. The molecule has 4 nitrogen and oxygen atoms in total. The summed E-state index contributed by atoms with van der Waals surface area (Å²) in [7, 11) is 0. The van der Waals surface area contributed by atoms with Crippen LogP contribution in [0.5, 0.6) is 5.75 Å². The number of alkyl halides is 3. The Morgan fingerprint density at radius 2 is 1.91 bits per heavy atom. The molecule has 1 atom stereocenters. The highest BCUT2D eigenvalue weighted by molar-refractivity contribution is 5.78. The number of halogens is 3. The van der Waals surface area contributed by atoms with Crippen LogP contribution in [0, 0.1) is 5.92 Å². The number of hydrogen-bond donors (Lipinski definition) is 2. The van der Waals surface area contributed by atoms with Gasteiger partial charge in [0.05, 0.1) is 5.56 Å². The Kier molecular flexibility index (Phi) is 6.04. The number of hydrogen-bond acceptors (Lipinski definition) is 3. The van der Waals surface area contributed by atoms with Crippen LogP contribution in [-0.4, -0.2) is 18.1 Å². The summed E-state index contributed by atoms with van der Waals surface area (Å²) in [6.07, 6.45) is -4.53. The molecule has 1 amide bonds. The molecule has 0 radical (unpaired) electrons. The maximum atomic E-state index is 13.2. The summed E-state index contributed by atoms with van der Waals surface area (Å²) in [4.78, 5) is 11.7. The smallest absolute Gasteiger partial charge is 0.416 e. The van der Waals surface area contributed by atoms with E-state index in [1.807, 2.05) is 0 Å². The highest BCUT2D eigenvalue weighted by atomic mass is 19.4. The van der Waals surface area contributed by atoms with Crippen molar-refractivity contribution in [1.82, 2.24) is 5.32 Å². The van der Waals surface area contributed by atoms with E-state index in [2.05, 4.69) is 5.32 Å². The number of amides is 1. The Labute approximate surface area is 134 Å². The summed E-state index contributed by atoms with van der Waals surface area (Å²) in [5, 5.41) is 2.47. The number of rotatable bonds is 5. The Balaban J connectivity index is 3.01. The van der Waals surface area contributed by atoms with E-state index in [1.165, 1.54) is 12.1 Å². The van der Waals surface area contributed by atoms with Crippen molar-refractivity contribution in [3.63, 3.8) is 0 Å². The third kappa shape index (κ3) is 6.09. The van der Waals surface area contributed by atoms with Crippen molar-refractivity contribution in [3.05, 3.63) is 29.3 Å². The van der Waals surface area contributed by atoms with Gasteiger partial charge in [-0.25, -0.2) is 0 Å². The van der Waals surface area contributed by atoms with Crippen LogP contribution in [0.3, 0.4) is 0 Å². The maximum Gasteiger partial charge on any atom is 0.416 e. The summed E-state index contributed by atoms with van der Waals surface area (Å²) >= 11 is 0. The molecule has 0 aliphatic heterocycles. The minimum atomic E-state index is -4.53. The summed E-state index contributed by atoms with van der Waals surface area (Å²) in [6, 6.07) is 3.74. The first-order valence-corrected chi connectivity index (χ1v) is 7.31. The number of ether oxygens (including phenoxy) is 1. The Morgan fingerprint density at radius 1 is 1.30 bits per heavy atom. The lowest BCUT2D eigenvalue weighted by Gasteiger charge is -2.23. The van der Waals surface area contributed by atoms with Crippen molar-refractivity contribution in [3.8, 4) is 5.75 Å². The van der Waals surface area contributed by atoms with Gasteiger partial charge in [-0.15, -0.1) is 0 Å². The van der Waals surface area contributed by atoms with Crippen LogP contribution in [0.2, 0.25) is 0 Å².